The number of hydrogen-bond acceptors (Lipinski definition) is 4. The lowest BCUT2D eigenvalue weighted by atomic mass is 10.1. The molecule has 1 unspecified atom stereocenters. The van der Waals surface area contributed by atoms with Crippen molar-refractivity contribution >= 4 is 10.0 Å². The Hall–Kier alpha value is -1.70. The molecule has 0 saturated heterocycles. The van der Waals surface area contributed by atoms with Crippen molar-refractivity contribution in [3.05, 3.63) is 48.3 Å². The Morgan fingerprint density at radius 1 is 1.33 bits per heavy atom. The largest absolute Gasteiger partial charge is 0.394 e. The van der Waals surface area contributed by atoms with Gasteiger partial charge in [0.2, 0.25) is 10.0 Å². The van der Waals surface area contributed by atoms with Gasteiger partial charge in [0.05, 0.1) is 19.3 Å². The van der Waals surface area contributed by atoms with Gasteiger partial charge in [0.1, 0.15) is 4.90 Å². The molecule has 0 fully saturated rings. The molecule has 114 valence electrons. The lowest BCUT2D eigenvalue weighted by Gasteiger charge is -2.16. The van der Waals surface area contributed by atoms with Gasteiger partial charge in [-0.15, -0.1) is 0 Å². The Morgan fingerprint density at radius 2 is 2.05 bits per heavy atom. The summed E-state index contributed by atoms with van der Waals surface area (Å²) in [7, 11) is -3.63. The summed E-state index contributed by atoms with van der Waals surface area (Å²) in [5, 5.41) is 12.8. The van der Waals surface area contributed by atoms with E-state index in [0.717, 1.165) is 5.56 Å². The SMILES string of the molecule is CCC(NS(=O)(=O)c1cnn(CCO)c1)c1ccccc1. The van der Waals surface area contributed by atoms with Crippen LogP contribution in [0.4, 0.5) is 0 Å². The van der Waals surface area contributed by atoms with Gasteiger partial charge in [-0.25, -0.2) is 13.1 Å². The van der Waals surface area contributed by atoms with Crippen LogP contribution in [-0.4, -0.2) is 29.9 Å². The Balaban J connectivity index is 2.19. The molecule has 1 atom stereocenters. The van der Waals surface area contributed by atoms with Crippen LogP contribution in [0.15, 0.2) is 47.6 Å². The summed E-state index contributed by atoms with van der Waals surface area (Å²) >= 11 is 0. The molecule has 1 aromatic heterocycles. The van der Waals surface area contributed by atoms with Gasteiger partial charge in [-0.1, -0.05) is 37.3 Å². The predicted molar refractivity (Wildman–Crippen MR) is 79.1 cm³/mol. The summed E-state index contributed by atoms with van der Waals surface area (Å²) in [5.41, 5.74) is 0.923. The topological polar surface area (TPSA) is 84.2 Å². The van der Waals surface area contributed by atoms with Crippen LogP contribution in [-0.2, 0) is 16.6 Å². The molecule has 1 aromatic carbocycles. The molecule has 0 aliphatic carbocycles. The van der Waals surface area contributed by atoms with E-state index in [-0.39, 0.29) is 24.1 Å². The summed E-state index contributed by atoms with van der Waals surface area (Å²) in [6.45, 7) is 2.11. The second-order valence-corrected chi connectivity index (χ2v) is 6.37. The molecule has 0 radical (unpaired) electrons. The van der Waals surface area contributed by atoms with Crippen LogP contribution in [0.5, 0.6) is 0 Å². The molecule has 0 spiro atoms. The maximum atomic E-state index is 12.4. The highest BCUT2D eigenvalue weighted by molar-refractivity contribution is 7.89. The van der Waals surface area contributed by atoms with E-state index >= 15 is 0 Å². The monoisotopic (exact) mass is 309 g/mol. The van der Waals surface area contributed by atoms with Crippen molar-refractivity contribution < 1.29 is 13.5 Å². The van der Waals surface area contributed by atoms with Gasteiger partial charge in [0.15, 0.2) is 0 Å². The lowest BCUT2D eigenvalue weighted by Crippen LogP contribution is -2.28. The Morgan fingerprint density at radius 3 is 2.67 bits per heavy atom. The number of nitrogens with zero attached hydrogens (tertiary/aromatic N) is 2. The smallest absolute Gasteiger partial charge is 0.244 e. The van der Waals surface area contributed by atoms with Gasteiger partial charge in [-0.3, -0.25) is 4.68 Å². The maximum Gasteiger partial charge on any atom is 0.244 e. The van der Waals surface area contributed by atoms with Crippen molar-refractivity contribution in [3.63, 3.8) is 0 Å². The zero-order valence-electron chi connectivity index (χ0n) is 11.8. The highest BCUT2D eigenvalue weighted by atomic mass is 32.2. The van der Waals surface area contributed by atoms with E-state index in [0.29, 0.717) is 6.42 Å². The molecule has 7 heteroatoms. The van der Waals surface area contributed by atoms with Crippen molar-refractivity contribution in [2.24, 2.45) is 0 Å². The molecule has 0 aliphatic heterocycles. The third-order valence-corrected chi connectivity index (χ3v) is 4.58. The molecule has 2 aromatic rings. The molecule has 0 bridgehead atoms. The number of aliphatic hydroxyl groups excluding tert-OH is 1. The van der Waals surface area contributed by atoms with Crippen molar-refractivity contribution in [2.45, 2.75) is 30.8 Å². The third-order valence-electron chi connectivity index (χ3n) is 3.16. The van der Waals surface area contributed by atoms with Gasteiger partial charge in [-0.05, 0) is 12.0 Å². The van der Waals surface area contributed by atoms with Gasteiger partial charge >= 0.3 is 0 Å². The third kappa shape index (κ3) is 3.90. The zero-order chi connectivity index (χ0) is 15.3. The molecular formula is C14H19N3O3S. The summed E-state index contributed by atoms with van der Waals surface area (Å²) < 4.78 is 28.8. The first-order chi connectivity index (χ1) is 10.1. The van der Waals surface area contributed by atoms with E-state index in [1.54, 1.807) is 0 Å². The van der Waals surface area contributed by atoms with Crippen LogP contribution in [0.1, 0.15) is 24.9 Å². The second kappa shape index (κ2) is 6.84. The Bertz CT molecular complexity index is 668. The fraction of sp³-hybridized carbons (Fsp3) is 0.357. The second-order valence-electron chi connectivity index (χ2n) is 4.66. The summed E-state index contributed by atoms with van der Waals surface area (Å²) in [5.74, 6) is 0. The highest BCUT2D eigenvalue weighted by Crippen LogP contribution is 2.19. The normalized spacial score (nSPS) is 13.2. The quantitative estimate of drug-likeness (QED) is 0.807. The van der Waals surface area contributed by atoms with Crippen molar-refractivity contribution in [2.75, 3.05) is 6.61 Å². The van der Waals surface area contributed by atoms with Gasteiger partial charge in [-0.2, -0.15) is 5.10 Å². The molecule has 21 heavy (non-hydrogen) atoms. The lowest BCUT2D eigenvalue weighted by molar-refractivity contribution is 0.269. The van der Waals surface area contributed by atoms with Crippen LogP contribution in [0.25, 0.3) is 0 Å². The van der Waals surface area contributed by atoms with Crippen LogP contribution < -0.4 is 4.72 Å². The molecular weight excluding hydrogens is 290 g/mol. The molecule has 2 N–H and O–H groups in total. The Kier molecular flexibility index (Phi) is 5.11. The van der Waals surface area contributed by atoms with Crippen LogP contribution in [0.2, 0.25) is 0 Å². The van der Waals surface area contributed by atoms with E-state index in [1.807, 2.05) is 37.3 Å². The molecule has 0 amide bonds. The fourth-order valence-electron chi connectivity index (χ4n) is 2.04. The first-order valence-corrected chi connectivity index (χ1v) is 8.25. The van der Waals surface area contributed by atoms with Gasteiger partial charge < -0.3 is 5.11 Å². The molecule has 0 aliphatic rings. The van der Waals surface area contributed by atoms with Crippen molar-refractivity contribution in [1.29, 1.82) is 0 Å². The highest BCUT2D eigenvalue weighted by Gasteiger charge is 2.21. The number of nitrogens with one attached hydrogen (secondary N) is 1. The number of hydrogen-bond donors (Lipinski definition) is 2. The van der Waals surface area contributed by atoms with Crippen LogP contribution in [0.3, 0.4) is 0 Å². The fourth-order valence-corrected chi connectivity index (χ4v) is 3.30. The van der Waals surface area contributed by atoms with Crippen LogP contribution >= 0.6 is 0 Å². The van der Waals surface area contributed by atoms with Gasteiger partial charge in [0.25, 0.3) is 0 Å². The number of aliphatic hydroxyl groups is 1. The van der Waals surface area contributed by atoms with E-state index in [9.17, 15) is 8.42 Å². The minimum atomic E-state index is -3.63. The van der Waals surface area contributed by atoms with E-state index in [4.69, 9.17) is 5.11 Å². The predicted octanol–water partition coefficient (Wildman–Crippen LogP) is 1.30. The minimum absolute atomic E-state index is 0.0871. The molecule has 1 heterocycles. The number of aromatic nitrogens is 2. The molecule has 2 rings (SSSR count). The minimum Gasteiger partial charge on any atom is -0.394 e. The van der Waals surface area contributed by atoms with E-state index in [1.165, 1.54) is 17.1 Å². The van der Waals surface area contributed by atoms with Crippen LogP contribution in [0, 0.1) is 0 Å². The summed E-state index contributed by atoms with van der Waals surface area (Å²) in [6, 6.07) is 9.16. The molecule has 6 nitrogen and oxygen atoms in total. The zero-order valence-corrected chi connectivity index (χ0v) is 12.6. The number of rotatable bonds is 7. The summed E-state index contributed by atoms with van der Waals surface area (Å²) in [6.07, 6.45) is 3.35. The maximum absolute atomic E-state index is 12.4. The molecule has 0 saturated carbocycles. The Labute approximate surface area is 124 Å². The standard InChI is InChI=1S/C14H19N3O3S/c1-2-14(12-6-4-3-5-7-12)16-21(19,20)13-10-15-17(11-13)8-9-18/h3-7,10-11,14,16,18H,2,8-9H2,1H3. The van der Waals surface area contributed by atoms with Crippen molar-refractivity contribution in [3.8, 4) is 0 Å². The average molecular weight is 309 g/mol. The number of sulfonamides is 1. The average Bonchev–Trinajstić information content (AvgIpc) is 2.96. The first-order valence-electron chi connectivity index (χ1n) is 6.77. The first kappa shape index (κ1) is 15.7. The van der Waals surface area contributed by atoms with Crippen molar-refractivity contribution in [1.82, 2.24) is 14.5 Å². The number of benzene rings is 1. The van der Waals surface area contributed by atoms with E-state index < -0.39 is 10.0 Å². The van der Waals surface area contributed by atoms with E-state index in [2.05, 4.69) is 9.82 Å². The van der Waals surface area contributed by atoms with Gasteiger partial charge in [0, 0.05) is 12.2 Å². The summed E-state index contributed by atoms with van der Waals surface area (Å²) in [4.78, 5) is 0.102.